The summed E-state index contributed by atoms with van der Waals surface area (Å²) in [5, 5.41) is 0. The molecule has 0 aliphatic heterocycles. The molecule has 0 radical (unpaired) electrons. The lowest BCUT2D eigenvalue weighted by Crippen LogP contribution is -2.19. The van der Waals surface area contributed by atoms with Gasteiger partial charge in [-0.15, -0.1) is 0 Å². The maximum Gasteiger partial charge on any atom is 0.305 e. The molecule has 1 aromatic carbocycles. The molecule has 144 valence electrons. The largest absolute Gasteiger partial charge is 0.469 e. The van der Waals surface area contributed by atoms with Crippen LogP contribution in [0.1, 0.15) is 64.0 Å². The summed E-state index contributed by atoms with van der Waals surface area (Å²) < 4.78 is 4.63. The summed E-state index contributed by atoms with van der Waals surface area (Å²) in [5.74, 6) is -0.243. The lowest BCUT2D eigenvalue weighted by Gasteiger charge is -2.19. The Balaban J connectivity index is 1.93. The molecule has 1 aromatic rings. The first-order chi connectivity index (χ1) is 12.9. The fraction of sp³-hybridized carbons (Fsp3) is 0.435. The molecule has 4 nitrogen and oxygen atoms in total. The summed E-state index contributed by atoms with van der Waals surface area (Å²) in [6.07, 6.45) is 5.45. The maximum absolute atomic E-state index is 12.6. The van der Waals surface area contributed by atoms with Crippen molar-refractivity contribution < 1.29 is 19.1 Å². The minimum atomic E-state index is -0.147. The zero-order valence-corrected chi connectivity index (χ0v) is 16.7. The van der Waals surface area contributed by atoms with Gasteiger partial charge in [0.2, 0.25) is 0 Å². The first-order valence-corrected chi connectivity index (χ1v) is 9.50. The molecule has 0 saturated heterocycles. The lowest BCUT2D eigenvalue weighted by molar-refractivity contribution is -0.140. The molecule has 0 amide bonds. The quantitative estimate of drug-likeness (QED) is 0.382. The van der Waals surface area contributed by atoms with Gasteiger partial charge in [0.15, 0.2) is 11.6 Å². The topological polar surface area (TPSA) is 60.4 Å². The van der Waals surface area contributed by atoms with Gasteiger partial charge in [-0.1, -0.05) is 37.1 Å². The SMILES string of the molecule is COC(=O)CCCCCCc1ccc(C2=C(C)C(=O)C(C)=C(C)C2=O)cc1. The van der Waals surface area contributed by atoms with Crippen LogP contribution in [0.3, 0.4) is 0 Å². The number of ether oxygens (including phenoxy) is 1. The van der Waals surface area contributed by atoms with Crippen LogP contribution in [0.4, 0.5) is 0 Å². The van der Waals surface area contributed by atoms with Crippen molar-refractivity contribution in [2.45, 2.75) is 59.3 Å². The van der Waals surface area contributed by atoms with Crippen molar-refractivity contribution in [2.75, 3.05) is 7.11 Å². The minimum Gasteiger partial charge on any atom is -0.469 e. The number of rotatable bonds is 8. The first-order valence-electron chi connectivity index (χ1n) is 9.50. The number of carbonyl (C=O) groups excluding carboxylic acids is 3. The van der Waals surface area contributed by atoms with E-state index >= 15 is 0 Å². The van der Waals surface area contributed by atoms with Crippen LogP contribution in [0.2, 0.25) is 0 Å². The second kappa shape index (κ2) is 9.45. The summed E-state index contributed by atoms with van der Waals surface area (Å²) in [7, 11) is 1.42. The number of benzene rings is 1. The highest BCUT2D eigenvalue weighted by atomic mass is 16.5. The van der Waals surface area contributed by atoms with Gasteiger partial charge in [-0.3, -0.25) is 14.4 Å². The van der Waals surface area contributed by atoms with E-state index in [2.05, 4.69) is 4.74 Å². The number of aryl methyl sites for hydroxylation is 1. The highest BCUT2D eigenvalue weighted by Crippen LogP contribution is 2.31. The van der Waals surface area contributed by atoms with E-state index in [4.69, 9.17) is 0 Å². The fourth-order valence-corrected chi connectivity index (χ4v) is 3.33. The number of carbonyl (C=O) groups is 3. The van der Waals surface area contributed by atoms with E-state index in [0.717, 1.165) is 37.7 Å². The van der Waals surface area contributed by atoms with E-state index in [-0.39, 0.29) is 17.5 Å². The molecule has 2 rings (SSSR count). The predicted molar refractivity (Wildman–Crippen MR) is 106 cm³/mol. The van der Waals surface area contributed by atoms with Crippen LogP contribution in [0.15, 0.2) is 41.0 Å². The van der Waals surface area contributed by atoms with Gasteiger partial charge in [-0.2, -0.15) is 0 Å². The third-order valence-electron chi connectivity index (χ3n) is 5.25. The van der Waals surface area contributed by atoms with Gasteiger partial charge in [0.1, 0.15) is 0 Å². The van der Waals surface area contributed by atoms with Crippen LogP contribution in [0.25, 0.3) is 5.57 Å². The average molecular weight is 368 g/mol. The number of unbranched alkanes of at least 4 members (excludes halogenated alkanes) is 3. The molecule has 0 atom stereocenters. The number of allylic oxidation sites excluding steroid dienone is 4. The number of hydrogen-bond donors (Lipinski definition) is 0. The Bertz CT molecular complexity index is 794. The van der Waals surface area contributed by atoms with Crippen molar-refractivity contribution in [1.82, 2.24) is 0 Å². The van der Waals surface area contributed by atoms with E-state index in [9.17, 15) is 14.4 Å². The van der Waals surface area contributed by atoms with Gasteiger partial charge in [-0.25, -0.2) is 0 Å². The van der Waals surface area contributed by atoms with Gasteiger partial charge in [0.25, 0.3) is 0 Å². The van der Waals surface area contributed by atoms with Gasteiger partial charge >= 0.3 is 5.97 Å². The molecule has 0 N–H and O–H groups in total. The van der Waals surface area contributed by atoms with E-state index in [1.807, 2.05) is 24.3 Å². The molecule has 0 unspecified atom stereocenters. The van der Waals surface area contributed by atoms with Crippen molar-refractivity contribution in [1.29, 1.82) is 0 Å². The monoisotopic (exact) mass is 368 g/mol. The van der Waals surface area contributed by atoms with Crippen LogP contribution < -0.4 is 0 Å². The molecule has 0 saturated carbocycles. The lowest BCUT2D eigenvalue weighted by atomic mass is 9.82. The molecule has 0 aromatic heterocycles. The first kappa shape index (κ1) is 20.8. The summed E-state index contributed by atoms with van der Waals surface area (Å²) in [6, 6.07) is 7.93. The molecule has 1 aliphatic rings. The standard InChI is InChI=1S/C23H28O4/c1-15-16(2)23(26)21(17(3)22(15)25)19-13-11-18(12-14-19)9-7-5-6-8-10-20(24)27-4/h11-14H,5-10H2,1-4H3. The number of hydrogen-bond acceptors (Lipinski definition) is 4. The molecule has 0 heterocycles. The van der Waals surface area contributed by atoms with Crippen molar-refractivity contribution in [3.8, 4) is 0 Å². The Labute approximate surface area is 161 Å². The predicted octanol–water partition coefficient (Wildman–Crippen LogP) is 4.61. The van der Waals surface area contributed by atoms with Crippen LogP contribution in [-0.2, 0) is 25.5 Å². The summed E-state index contributed by atoms with van der Waals surface area (Å²) >= 11 is 0. The van der Waals surface area contributed by atoms with Crippen LogP contribution in [0, 0.1) is 0 Å². The van der Waals surface area contributed by atoms with E-state index in [1.54, 1.807) is 20.8 Å². The Hall–Kier alpha value is -2.49. The molecule has 0 fully saturated rings. The molecule has 0 spiro atoms. The zero-order valence-electron chi connectivity index (χ0n) is 16.7. The van der Waals surface area contributed by atoms with E-state index in [1.165, 1.54) is 12.7 Å². The maximum atomic E-state index is 12.6. The van der Waals surface area contributed by atoms with E-state index in [0.29, 0.717) is 28.7 Å². The normalized spacial score (nSPS) is 14.8. The van der Waals surface area contributed by atoms with Crippen molar-refractivity contribution in [3.63, 3.8) is 0 Å². The summed E-state index contributed by atoms with van der Waals surface area (Å²) in [4.78, 5) is 36.0. The Morgan fingerprint density at radius 2 is 1.41 bits per heavy atom. The Morgan fingerprint density at radius 3 is 2.04 bits per heavy atom. The van der Waals surface area contributed by atoms with Crippen molar-refractivity contribution in [3.05, 3.63) is 52.1 Å². The van der Waals surface area contributed by atoms with Gasteiger partial charge in [-0.05, 0) is 51.2 Å². The van der Waals surface area contributed by atoms with Crippen LogP contribution >= 0.6 is 0 Å². The minimum absolute atomic E-state index is 0.0434. The van der Waals surface area contributed by atoms with Crippen LogP contribution in [-0.4, -0.2) is 24.6 Å². The van der Waals surface area contributed by atoms with Crippen molar-refractivity contribution >= 4 is 23.1 Å². The third-order valence-corrected chi connectivity index (χ3v) is 5.25. The molecule has 27 heavy (non-hydrogen) atoms. The number of ketones is 2. The second-order valence-corrected chi connectivity index (χ2v) is 7.10. The molecule has 0 bridgehead atoms. The highest BCUT2D eigenvalue weighted by molar-refractivity contribution is 6.39. The third kappa shape index (κ3) is 5.03. The average Bonchev–Trinajstić information content (AvgIpc) is 2.68. The summed E-state index contributed by atoms with van der Waals surface area (Å²) in [6.45, 7) is 5.16. The molecule has 1 aliphatic carbocycles. The Kier molecular flexibility index (Phi) is 7.28. The fourth-order valence-electron chi connectivity index (χ4n) is 3.33. The van der Waals surface area contributed by atoms with E-state index < -0.39 is 0 Å². The number of methoxy groups -OCH3 is 1. The summed E-state index contributed by atoms with van der Waals surface area (Å²) in [5.41, 5.74) is 4.16. The highest BCUT2D eigenvalue weighted by Gasteiger charge is 2.28. The molecular weight excluding hydrogens is 340 g/mol. The van der Waals surface area contributed by atoms with Crippen LogP contribution in [0.5, 0.6) is 0 Å². The Morgan fingerprint density at radius 1 is 0.815 bits per heavy atom. The van der Waals surface area contributed by atoms with Gasteiger partial charge in [0.05, 0.1) is 7.11 Å². The zero-order chi connectivity index (χ0) is 20.0. The van der Waals surface area contributed by atoms with Crippen molar-refractivity contribution in [2.24, 2.45) is 0 Å². The second-order valence-electron chi connectivity index (χ2n) is 7.10. The molecular formula is C23H28O4. The number of esters is 1. The van der Waals surface area contributed by atoms with Gasteiger partial charge in [0, 0.05) is 28.7 Å². The molecule has 4 heteroatoms. The van der Waals surface area contributed by atoms with Gasteiger partial charge < -0.3 is 4.74 Å². The smallest absolute Gasteiger partial charge is 0.305 e. The number of Topliss-reactive ketones (excluding diaryl/α,β-unsaturated/α-hetero) is 2.